The topological polar surface area (TPSA) is 20.2 Å². The molecule has 0 aliphatic carbocycles. The summed E-state index contributed by atoms with van der Waals surface area (Å²) in [5, 5.41) is 8.93. The summed E-state index contributed by atoms with van der Waals surface area (Å²) in [5.74, 6) is -0.405. The smallest absolute Gasteiger partial charge is 0.264 e. The second-order valence-electron chi connectivity index (χ2n) is 3.18. The number of hydrogen-bond donors (Lipinski definition) is 1. The lowest BCUT2D eigenvalue weighted by Gasteiger charge is -2.11. The number of aliphatic hydroxyl groups excluding tert-OH is 1. The zero-order valence-corrected chi connectivity index (χ0v) is 7.67. The van der Waals surface area contributed by atoms with E-state index in [9.17, 15) is 13.2 Å². The highest BCUT2D eigenvalue weighted by atomic mass is 19.3. The van der Waals surface area contributed by atoms with E-state index in [-0.39, 0.29) is 6.42 Å². The maximum absolute atomic E-state index is 12.6. The van der Waals surface area contributed by atoms with Gasteiger partial charge in [0.2, 0.25) is 0 Å². The highest BCUT2D eigenvalue weighted by Crippen LogP contribution is 2.14. The van der Waals surface area contributed by atoms with Crippen molar-refractivity contribution in [3.63, 3.8) is 0 Å². The van der Waals surface area contributed by atoms with Gasteiger partial charge in [-0.05, 0) is 30.2 Å². The summed E-state index contributed by atoms with van der Waals surface area (Å²) < 4.78 is 36.6. The average Bonchev–Trinajstić information content (AvgIpc) is 2.09. The van der Waals surface area contributed by atoms with E-state index in [1.165, 1.54) is 18.2 Å². The fourth-order valence-corrected chi connectivity index (χ4v) is 1.20. The molecule has 0 heterocycles. The lowest BCUT2D eigenvalue weighted by atomic mass is 10.0. The van der Waals surface area contributed by atoms with E-state index in [0.29, 0.717) is 11.1 Å². The summed E-state index contributed by atoms with van der Waals surface area (Å²) in [6.07, 6.45) is -4.59. The molecule has 4 heteroatoms. The minimum atomic E-state index is -2.76. The second-order valence-corrected chi connectivity index (χ2v) is 3.18. The first-order chi connectivity index (χ1) is 6.50. The predicted molar refractivity (Wildman–Crippen MR) is 46.9 cm³/mol. The Bertz CT molecular complexity index is 312. The quantitative estimate of drug-likeness (QED) is 0.801. The highest BCUT2D eigenvalue weighted by Gasteiger charge is 2.17. The molecule has 0 radical (unpaired) electrons. The summed E-state index contributed by atoms with van der Waals surface area (Å²) in [7, 11) is 0. The van der Waals surface area contributed by atoms with Crippen LogP contribution in [0.4, 0.5) is 13.2 Å². The molecule has 1 aromatic carbocycles. The van der Waals surface area contributed by atoms with Crippen LogP contribution in [0, 0.1) is 12.7 Å². The van der Waals surface area contributed by atoms with Gasteiger partial charge < -0.3 is 5.11 Å². The summed E-state index contributed by atoms with van der Waals surface area (Å²) in [6, 6.07) is 3.87. The number of aryl methyl sites for hydroxylation is 1. The Labute approximate surface area is 80.2 Å². The van der Waals surface area contributed by atoms with Gasteiger partial charge in [-0.2, -0.15) is 0 Å². The van der Waals surface area contributed by atoms with Crippen molar-refractivity contribution in [3.8, 4) is 0 Å². The lowest BCUT2D eigenvalue weighted by Crippen LogP contribution is -2.20. The standard InChI is InChI=1S/C10H11F3O/c1-6-4-8(11)3-2-7(6)5-9(14)10(12)13/h2-4,9-10,14H,5H2,1H3. The van der Waals surface area contributed by atoms with Gasteiger partial charge in [0.25, 0.3) is 6.43 Å². The van der Waals surface area contributed by atoms with Crippen LogP contribution in [0.25, 0.3) is 0 Å². The molecule has 1 N–H and O–H groups in total. The summed E-state index contributed by atoms with van der Waals surface area (Å²) >= 11 is 0. The van der Waals surface area contributed by atoms with E-state index in [4.69, 9.17) is 5.11 Å². The molecule has 1 atom stereocenters. The number of halogens is 3. The van der Waals surface area contributed by atoms with Crippen LogP contribution in [0.2, 0.25) is 0 Å². The SMILES string of the molecule is Cc1cc(F)ccc1CC(O)C(F)F. The van der Waals surface area contributed by atoms with Crippen LogP contribution in [-0.4, -0.2) is 17.6 Å². The Hall–Kier alpha value is -1.03. The van der Waals surface area contributed by atoms with Crippen LogP contribution in [0.3, 0.4) is 0 Å². The van der Waals surface area contributed by atoms with Gasteiger partial charge >= 0.3 is 0 Å². The molecule has 0 aliphatic heterocycles. The van der Waals surface area contributed by atoms with Crippen LogP contribution in [-0.2, 0) is 6.42 Å². The van der Waals surface area contributed by atoms with Crippen molar-refractivity contribution in [1.82, 2.24) is 0 Å². The van der Waals surface area contributed by atoms with Gasteiger partial charge in [0.05, 0.1) is 0 Å². The van der Waals surface area contributed by atoms with Crippen molar-refractivity contribution in [1.29, 1.82) is 0 Å². The molecule has 0 saturated carbocycles. The van der Waals surface area contributed by atoms with Crippen LogP contribution < -0.4 is 0 Å². The third-order valence-electron chi connectivity index (χ3n) is 2.02. The van der Waals surface area contributed by atoms with Crippen LogP contribution in [0.1, 0.15) is 11.1 Å². The second kappa shape index (κ2) is 4.46. The van der Waals surface area contributed by atoms with E-state index in [1.807, 2.05) is 0 Å². The fraction of sp³-hybridized carbons (Fsp3) is 0.400. The predicted octanol–water partition coefficient (Wildman–Crippen LogP) is 2.30. The zero-order chi connectivity index (χ0) is 10.7. The van der Waals surface area contributed by atoms with Crippen molar-refractivity contribution in [3.05, 3.63) is 35.1 Å². The molecular weight excluding hydrogens is 193 g/mol. The minimum Gasteiger partial charge on any atom is -0.387 e. The highest BCUT2D eigenvalue weighted by molar-refractivity contribution is 5.27. The number of benzene rings is 1. The fourth-order valence-electron chi connectivity index (χ4n) is 1.20. The maximum atomic E-state index is 12.6. The maximum Gasteiger partial charge on any atom is 0.264 e. The first-order valence-electron chi connectivity index (χ1n) is 4.22. The van der Waals surface area contributed by atoms with Crippen molar-refractivity contribution in [2.75, 3.05) is 0 Å². The molecule has 0 aliphatic rings. The van der Waals surface area contributed by atoms with Gasteiger partial charge in [0.1, 0.15) is 11.9 Å². The first-order valence-corrected chi connectivity index (χ1v) is 4.22. The van der Waals surface area contributed by atoms with Crippen LogP contribution in [0.15, 0.2) is 18.2 Å². The number of aliphatic hydroxyl groups is 1. The lowest BCUT2D eigenvalue weighted by molar-refractivity contribution is -0.00373. The molecule has 0 bridgehead atoms. The van der Waals surface area contributed by atoms with Gasteiger partial charge in [-0.1, -0.05) is 6.07 Å². The molecule has 0 fully saturated rings. The Morgan fingerprint density at radius 3 is 2.50 bits per heavy atom. The average molecular weight is 204 g/mol. The van der Waals surface area contributed by atoms with E-state index < -0.39 is 18.3 Å². The minimum absolute atomic E-state index is 0.149. The zero-order valence-electron chi connectivity index (χ0n) is 7.67. The first kappa shape index (κ1) is 11.0. The van der Waals surface area contributed by atoms with Crippen LogP contribution in [0.5, 0.6) is 0 Å². The van der Waals surface area contributed by atoms with E-state index in [2.05, 4.69) is 0 Å². The third kappa shape index (κ3) is 2.73. The largest absolute Gasteiger partial charge is 0.387 e. The van der Waals surface area contributed by atoms with E-state index >= 15 is 0 Å². The van der Waals surface area contributed by atoms with Crippen molar-refractivity contribution >= 4 is 0 Å². The van der Waals surface area contributed by atoms with Crippen molar-refractivity contribution < 1.29 is 18.3 Å². The van der Waals surface area contributed by atoms with Gasteiger partial charge in [-0.15, -0.1) is 0 Å². The van der Waals surface area contributed by atoms with E-state index in [1.54, 1.807) is 6.92 Å². The molecule has 1 nitrogen and oxygen atoms in total. The molecule has 14 heavy (non-hydrogen) atoms. The normalized spacial score (nSPS) is 13.3. The van der Waals surface area contributed by atoms with Gasteiger partial charge in [-0.3, -0.25) is 0 Å². The Morgan fingerprint density at radius 1 is 1.36 bits per heavy atom. The molecule has 1 aromatic rings. The Balaban J connectivity index is 2.77. The summed E-state index contributed by atoms with van der Waals surface area (Å²) in [4.78, 5) is 0. The number of rotatable bonds is 3. The van der Waals surface area contributed by atoms with Gasteiger partial charge in [0, 0.05) is 6.42 Å². The van der Waals surface area contributed by atoms with E-state index in [0.717, 1.165) is 0 Å². The van der Waals surface area contributed by atoms with Crippen LogP contribution >= 0.6 is 0 Å². The Kier molecular flexibility index (Phi) is 3.52. The van der Waals surface area contributed by atoms with Crippen molar-refractivity contribution in [2.24, 2.45) is 0 Å². The summed E-state index contributed by atoms with van der Waals surface area (Å²) in [5.41, 5.74) is 1.11. The molecule has 1 rings (SSSR count). The molecule has 0 aromatic heterocycles. The van der Waals surface area contributed by atoms with Crippen molar-refractivity contribution in [2.45, 2.75) is 25.9 Å². The summed E-state index contributed by atoms with van der Waals surface area (Å²) in [6.45, 7) is 1.62. The molecule has 0 amide bonds. The van der Waals surface area contributed by atoms with Gasteiger partial charge in [0.15, 0.2) is 0 Å². The van der Waals surface area contributed by atoms with Gasteiger partial charge in [-0.25, -0.2) is 13.2 Å². The molecular formula is C10H11F3O. The monoisotopic (exact) mass is 204 g/mol. The molecule has 1 unspecified atom stereocenters. The molecule has 0 spiro atoms. The molecule has 78 valence electrons. The third-order valence-corrected chi connectivity index (χ3v) is 2.02. The Morgan fingerprint density at radius 2 is 2.00 bits per heavy atom. The number of alkyl halides is 2. The molecule has 0 saturated heterocycles. The number of hydrogen-bond acceptors (Lipinski definition) is 1.